The summed E-state index contributed by atoms with van der Waals surface area (Å²) in [6, 6.07) is 6.82. The van der Waals surface area contributed by atoms with Crippen LogP contribution in [0.2, 0.25) is 0 Å². The molecule has 7 heteroatoms. The predicted octanol–water partition coefficient (Wildman–Crippen LogP) is 1.43. The molecule has 1 saturated carbocycles. The summed E-state index contributed by atoms with van der Waals surface area (Å²) in [6.45, 7) is 0.209. The molecule has 5 N–H and O–H groups in total. The topological polar surface area (TPSA) is 107 Å². The number of nitrogens with two attached hydrogens (primary N) is 2. The Morgan fingerprint density at radius 1 is 1.18 bits per heavy atom. The standard InChI is InChI=1S/C15H21N3O3.ClH/c16-10-15(7-1-2-8-15)14(20)18-11-3-5-12(6-4-11)21-9-13(17)19;/h3-6H,1-2,7-10,16H2,(H2,17,19)(H,18,20);1H. The molecule has 1 aliphatic rings. The lowest BCUT2D eigenvalue weighted by atomic mass is 9.85. The molecule has 1 aromatic rings. The van der Waals surface area contributed by atoms with E-state index in [1.165, 1.54) is 0 Å². The van der Waals surface area contributed by atoms with Crippen LogP contribution in [-0.4, -0.2) is 25.0 Å². The molecule has 6 nitrogen and oxygen atoms in total. The van der Waals surface area contributed by atoms with Gasteiger partial charge in [0.2, 0.25) is 5.91 Å². The van der Waals surface area contributed by atoms with Crippen LogP contribution in [0.3, 0.4) is 0 Å². The molecule has 22 heavy (non-hydrogen) atoms. The van der Waals surface area contributed by atoms with Gasteiger partial charge >= 0.3 is 0 Å². The number of amides is 2. The Balaban J connectivity index is 0.00000242. The van der Waals surface area contributed by atoms with Gasteiger partial charge in [-0.05, 0) is 37.1 Å². The molecule has 0 spiro atoms. The van der Waals surface area contributed by atoms with Gasteiger partial charge < -0.3 is 21.5 Å². The average Bonchev–Trinajstić information content (AvgIpc) is 2.96. The molecule has 1 aliphatic carbocycles. The van der Waals surface area contributed by atoms with Crippen molar-refractivity contribution in [2.45, 2.75) is 25.7 Å². The molecule has 0 heterocycles. The van der Waals surface area contributed by atoms with Crippen LogP contribution in [0.1, 0.15) is 25.7 Å². The van der Waals surface area contributed by atoms with E-state index in [0.29, 0.717) is 18.0 Å². The number of hydrogen-bond acceptors (Lipinski definition) is 4. The van der Waals surface area contributed by atoms with Crippen LogP contribution in [0.4, 0.5) is 5.69 Å². The summed E-state index contributed by atoms with van der Waals surface area (Å²) in [5.41, 5.74) is 11.1. The first kappa shape index (κ1) is 18.3. The first-order valence-electron chi connectivity index (χ1n) is 7.08. The highest BCUT2D eigenvalue weighted by Crippen LogP contribution is 2.38. The van der Waals surface area contributed by atoms with Crippen LogP contribution < -0.4 is 21.5 Å². The summed E-state index contributed by atoms with van der Waals surface area (Å²) < 4.78 is 5.16. The van der Waals surface area contributed by atoms with Crippen LogP contribution in [0, 0.1) is 5.41 Å². The van der Waals surface area contributed by atoms with E-state index in [0.717, 1.165) is 25.7 Å². The predicted molar refractivity (Wildman–Crippen MR) is 87.0 cm³/mol. The van der Waals surface area contributed by atoms with Crippen LogP contribution in [0.5, 0.6) is 5.75 Å². The van der Waals surface area contributed by atoms with Gasteiger partial charge in [-0.1, -0.05) is 12.8 Å². The van der Waals surface area contributed by atoms with Crippen LogP contribution in [0.25, 0.3) is 0 Å². The maximum Gasteiger partial charge on any atom is 0.255 e. The van der Waals surface area contributed by atoms with Crippen molar-refractivity contribution in [3.8, 4) is 5.75 Å². The highest BCUT2D eigenvalue weighted by Gasteiger charge is 2.39. The van der Waals surface area contributed by atoms with Gasteiger partial charge in [-0.25, -0.2) is 0 Å². The number of rotatable bonds is 6. The number of carbonyl (C=O) groups is 2. The summed E-state index contributed by atoms with van der Waals surface area (Å²) in [5.74, 6) is -0.0204. The Morgan fingerprint density at radius 2 is 1.77 bits per heavy atom. The summed E-state index contributed by atoms with van der Waals surface area (Å²) in [5, 5.41) is 2.90. The Labute approximate surface area is 136 Å². The molecule has 1 fully saturated rings. The lowest BCUT2D eigenvalue weighted by molar-refractivity contribution is -0.125. The zero-order valence-corrected chi connectivity index (χ0v) is 13.2. The maximum atomic E-state index is 12.4. The van der Waals surface area contributed by atoms with E-state index in [9.17, 15) is 9.59 Å². The molecule has 0 unspecified atom stereocenters. The fraction of sp³-hybridized carbons (Fsp3) is 0.467. The molecular formula is C15H22ClN3O3. The van der Waals surface area contributed by atoms with E-state index in [1.807, 2.05) is 0 Å². The number of hydrogen-bond donors (Lipinski definition) is 3. The molecule has 0 aromatic heterocycles. The van der Waals surface area contributed by atoms with Crippen molar-refractivity contribution in [3.05, 3.63) is 24.3 Å². The summed E-state index contributed by atoms with van der Waals surface area (Å²) in [6.07, 6.45) is 3.78. The lowest BCUT2D eigenvalue weighted by Crippen LogP contribution is -2.40. The number of halogens is 1. The summed E-state index contributed by atoms with van der Waals surface area (Å²) in [7, 11) is 0. The first-order valence-corrected chi connectivity index (χ1v) is 7.08. The SMILES string of the molecule is Cl.NCC1(C(=O)Nc2ccc(OCC(N)=O)cc2)CCCC1. The van der Waals surface area contributed by atoms with Crippen molar-refractivity contribution >= 4 is 29.9 Å². The average molecular weight is 328 g/mol. The number of primary amides is 1. The minimum atomic E-state index is -0.529. The first-order chi connectivity index (χ1) is 10.1. The van der Waals surface area contributed by atoms with Gasteiger partial charge in [-0.3, -0.25) is 9.59 Å². The van der Waals surface area contributed by atoms with Gasteiger partial charge in [-0.15, -0.1) is 12.4 Å². The number of anilines is 1. The van der Waals surface area contributed by atoms with Crippen molar-refractivity contribution in [1.82, 2.24) is 0 Å². The molecule has 0 aliphatic heterocycles. The van der Waals surface area contributed by atoms with Gasteiger partial charge in [0.25, 0.3) is 5.91 Å². The second-order valence-corrected chi connectivity index (χ2v) is 5.43. The van der Waals surface area contributed by atoms with Crippen LogP contribution >= 0.6 is 12.4 Å². The summed E-state index contributed by atoms with van der Waals surface area (Å²) in [4.78, 5) is 23.0. The van der Waals surface area contributed by atoms with Gasteiger partial charge in [-0.2, -0.15) is 0 Å². The van der Waals surface area contributed by atoms with Crippen molar-refractivity contribution in [1.29, 1.82) is 0 Å². The molecule has 0 saturated heterocycles. The van der Waals surface area contributed by atoms with Gasteiger partial charge in [0.05, 0.1) is 5.41 Å². The van der Waals surface area contributed by atoms with E-state index in [2.05, 4.69) is 5.32 Å². The largest absolute Gasteiger partial charge is 0.484 e. The normalized spacial score (nSPS) is 15.7. The molecule has 2 amide bonds. The monoisotopic (exact) mass is 327 g/mol. The van der Waals surface area contributed by atoms with E-state index < -0.39 is 11.3 Å². The third kappa shape index (κ3) is 4.35. The minimum absolute atomic E-state index is 0. The minimum Gasteiger partial charge on any atom is -0.484 e. The Morgan fingerprint density at radius 3 is 2.27 bits per heavy atom. The second-order valence-electron chi connectivity index (χ2n) is 5.43. The Kier molecular flexibility index (Phi) is 6.64. The Hall–Kier alpha value is -1.79. The van der Waals surface area contributed by atoms with E-state index in [1.54, 1.807) is 24.3 Å². The number of carbonyl (C=O) groups excluding carboxylic acids is 2. The molecule has 1 aromatic carbocycles. The smallest absolute Gasteiger partial charge is 0.255 e. The molecule has 0 radical (unpaired) electrons. The van der Waals surface area contributed by atoms with E-state index in [4.69, 9.17) is 16.2 Å². The van der Waals surface area contributed by atoms with Gasteiger partial charge in [0.1, 0.15) is 5.75 Å². The van der Waals surface area contributed by atoms with E-state index >= 15 is 0 Å². The van der Waals surface area contributed by atoms with Gasteiger partial charge in [0.15, 0.2) is 6.61 Å². The van der Waals surface area contributed by atoms with Gasteiger partial charge in [0, 0.05) is 12.2 Å². The molecular weight excluding hydrogens is 306 g/mol. The zero-order chi connectivity index (χ0) is 15.3. The molecule has 2 rings (SSSR count). The number of ether oxygens (including phenoxy) is 1. The summed E-state index contributed by atoms with van der Waals surface area (Å²) >= 11 is 0. The fourth-order valence-corrected chi connectivity index (χ4v) is 2.63. The second kappa shape index (κ2) is 8.00. The Bertz CT molecular complexity index is 513. The van der Waals surface area contributed by atoms with Crippen LogP contribution in [-0.2, 0) is 9.59 Å². The molecule has 0 bridgehead atoms. The van der Waals surface area contributed by atoms with Crippen molar-refractivity contribution in [2.24, 2.45) is 16.9 Å². The van der Waals surface area contributed by atoms with Crippen molar-refractivity contribution < 1.29 is 14.3 Å². The van der Waals surface area contributed by atoms with E-state index in [-0.39, 0.29) is 24.9 Å². The fourth-order valence-electron chi connectivity index (χ4n) is 2.63. The highest BCUT2D eigenvalue weighted by molar-refractivity contribution is 5.95. The zero-order valence-electron chi connectivity index (χ0n) is 12.3. The number of benzene rings is 1. The van der Waals surface area contributed by atoms with Crippen molar-refractivity contribution in [3.63, 3.8) is 0 Å². The maximum absolute atomic E-state index is 12.4. The van der Waals surface area contributed by atoms with Crippen LogP contribution in [0.15, 0.2) is 24.3 Å². The number of nitrogens with one attached hydrogen (secondary N) is 1. The third-order valence-corrected chi connectivity index (χ3v) is 3.93. The molecule has 0 atom stereocenters. The molecule has 122 valence electrons. The van der Waals surface area contributed by atoms with Crippen molar-refractivity contribution in [2.75, 3.05) is 18.5 Å². The highest BCUT2D eigenvalue weighted by atomic mass is 35.5. The lowest BCUT2D eigenvalue weighted by Gasteiger charge is -2.25. The quantitative estimate of drug-likeness (QED) is 0.734. The third-order valence-electron chi connectivity index (χ3n) is 3.93.